The predicted molar refractivity (Wildman–Crippen MR) is 104 cm³/mol. The van der Waals surface area contributed by atoms with Gasteiger partial charge in [0.15, 0.2) is 0 Å². The topological polar surface area (TPSA) is 58.0 Å². The van der Waals surface area contributed by atoms with Gasteiger partial charge in [-0.25, -0.2) is 0 Å². The van der Waals surface area contributed by atoms with Crippen molar-refractivity contribution in [3.63, 3.8) is 0 Å². The summed E-state index contributed by atoms with van der Waals surface area (Å²) in [6.45, 7) is 2.51. The van der Waals surface area contributed by atoms with E-state index < -0.39 is 5.97 Å². The zero-order valence-corrected chi connectivity index (χ0v) is 14.6. The largest absolute Gasteiger partial charge is 0.481 e. The van der Waals surface area contributed by atoms with Crippen LogP contribution in [0.3, 0.4) is 0 Å². The summed E-state index contributed by atoms with van der Waals surface area (Å²) in [6, 6.07) is 20.6. The highest BCUT2D eigenvalue weighted by molar-refractivity contribution is 6.04. The van der Waals surface area contributed by atoms with Crippen LogP contribution in [0.15, 0.2) is 66.9 Å². The van der Waals surface area contributed by atoms with Crippen molar-refractivity contribution in [1.82, 2.24) is 9.55 Å². The fourth-order valence-electron chi connectivity index (χ4n) is 3.56. The molecule has 2 heterocycles. The summed E-state index contributed by atoms with van der Waals surface area (Å²) in [4.78, 5) is 14.6. The van der Waals surface area contributed by atoms with Gasteiger partial charge in [0.05, 0.1) is 12.1 Å². The summed E-state index contributed by atoms with van der Waals surface area (Å²) in [5, 5.41) is 10.4. The van der Waals surface area contributed by atoms with Crippen LogP contribution in [-0.4, -0.2) is 20.6 Å². The van der Waals surface area contributed by atoms with Crippen LogP contribution in [0.1, 0.15) is 12.0 Å². The Morgan fingerprint density at radius 3 is 2.58 bits per heavy atom. The Bertz CT molecular complexity index is 1060. The number of aryl methyl sites for hydroxylation is 2. The highest BCUT2D eigenvalue weighted by Crippen LogP contribution is 2.40. The lowest BCUT2D eigenvalue weighted by atomic mass is 10.0. The van der Waals surface area contributed by atoms with Crippen LogP contribution in [-0.2, 0) is 11.3 Å². The SMILES string of the molecule is Cc1ccc2c(c1)c(-c1ccc[nH]1)c(-c1ccccc1)n2CCC(=O)O. The van der Waals surface area contributed by atoms with Crippen molar-refractivity contribution in [3.05, 3.63) is 72.4 Å². The number of nitrogens with zero attached hydrogens (tertiary/aromatic N) is 1. The molecule has 2 N–H and O–H groups in total. The lowest BCUT2D eigenvalue weighted by Gasteiger charge is -2.11. The highest BCUT2D eigenvalue weighted by Gasteiger charge is 2.21. The van der Waals surface area contributed by atoms with Gasteiger partial charge >= 0.3 is 5.97 Å². The molecule has 0 spiro atoms. The fourth-order valence-corrected chi connectivity index (χ4v) is 3.56. The smallest absolute Gasteiger partial charge is 0.305 e. The molecule has 0 aliphatic heterocycles. The first-order valence-electron chi connectivity index (χ1n) is 8.69. The van der Waals surface area contributed by atoms with Gasteiger partial charge in [-0.1, -0.05) is 42.0 Å². The van der Waals surface area contributed by atoms with E-state index in [1.165, 1.54) is 5.56 Å². The second-order valence-corrected chi connectivity index (χ2v) is 6.49. The van der Waals surface area contributed by atoms with E-state index in [1.807, 2.05) is 30.5 Å². The van der Waals surface area contributed by atoms with Gasteiger partial charge in [-0.3, -0.25) is 4.79 Å². The molecule has 2 aromatic carbocycles. The molecular weight excluding hydrogens is 324 g/mol. The number of aromatic amines is 1. The quantitative estimate of drug-likeness (QED) is 0.530. The number of H-pyrrole nitrogens is 1. The number of carboxylic acid groups (broad SMARTS) is 1. The third kappa shape index (κ3) is 2.80. The van der Waals surface area contributed by atoms with E-state index in [1.54, 1.807) is 0 Å². The molecule has 4 heteroatoms. The molecule has 4 rings (SSSR count). The Morgan fingerprint density at radius 1 is 1.08 bits per heavy atom. The van der Waals surface area contributed by atoms with Crippen molar-refractivity contribution >= 4 is 16.9 Å². The molecule has 4 aromatic rings. The van der Waals surface area contributed by atoms with E-state index >= 15 is 0 Å². The maximum Gasteiger partial charge on any atom is 0.305 e. The van der Waals surface area contributed by atoms with Gasteiger partial charge in [-0.05, 0) is 36.8 Å². The first-order valence-corrected chi connectivity index (χ1v) is 8.69. The Kier molecular flexibility index (Phi) is 4.09. The van der Waals surface area contributed by atoms with E-state index in [-0.39, 0.29) is 6.42 Å². The van der Waals surface area contributed by atoms with Crippen LogP contribution in [0.25, 0.3) is 33.4 Å². The third-order valence-corrected chi connectivity index (χ3v) is 4.68. The molecule has 26 heavy (non-hydrogen) atoms. The molecule has 0 saturated carbocycles. The molecule has 130 valence electrons. The van der Waals surface area contributed by atoms with Crippen molar-refractivity contribution in [1.29, 1.82) is 0 Å². The van der Waals surface area contributed by atoms with Crippen LogP contribution < -0.4 is 0 Å². The Hall–Kier alpha value is -3.27. The fraction of sp³-hybridized carbons (Fsp3) is 0.136. The maximum absolute atomic E-state index is 11.2. The van der Waals surface area contributed by atoms with Gasteiger partial charge in [-0.15, -0.1) is 0 Å². The predicted octanol–water partition coefficient (Wildman–Crippen LogP) is 5.09. The van der Waals surface area contributed by atoms with E-state index in [0.29, 0.717) is 6.54 Å². The van der Waals surface area contributed by atoms with Crippen LogP contribution >= 0.6 is 0 Å². The zero-order chi connectivity index (χ0) is 18.1. The first-order chi connectivity index (χ1) is 12.6. The van der Waals surface area contributed by atoms with Crippen LogP contribution in [0, 0.1) is 6.92 Å². The van der Waals surface area contributed by atoms with Crippen molar-refractivity contribution in [3.8, 4) is 22.5 Å². The summed E-state index contributed by atoms with van der Waals surface area (Å²) >= 11 is 0. The Balaban J connectivity index is 2.08. The number of aliphatic carboxylic acids is 1. The molecule has 0 saturated heterocycles. The molecule has 0 fully saturated rings. The number of benzene rings is 2. The number of aromatic nitrogens is 2. The first kappa shape index (κ1) is 16.2. The number of fused-ring (bicyclic) bond motifs is 1. The van der Waals surface area contributed by atoms with Gasteiger partial charge in [0, 0.05) is 34.9 Å². The summed E-state index contributed by atoms with van der Waals surface area (Å²) < 4.78 is 2.13. The van der Waals surface area contributed by atoms with Crippen LogP contribution in [0.2, 0.25) is 0 Å². The maximum atomic E-state index is 11.2. The molecule has 0 amide bonds. The van der Waals surface area contributed by atoms with Gasteiger partial charge in [0.1, 0.15) is 0 Å². The lowest BCUT2D eigenvalue weighted by Crippen LogP contribution is -2.06. The second-order valence-electron chi connectivity index (χ2n) is 6.49. The summed E-state index contributed by atoms with van der Waals surface area (Å²) in [5.74, 6) is -0.792. The second kappa shape index (κ2) is 6.56. The molecule has 0 aliphatic carbocycles. The number of nitrogens with one attached hydrogen (secondary N) is 1. The van der Waals surface area contributed by atoms with Gasteiger partial charge in [-0.2, -0.15) is 0 Å². The average molecular weight is 344 g/mol. The standard InChI is InChI=1S/C22H20N2O2/c1-15-9-10-19-17(14-15)21(18-8-5-12-23-18)22(16-6-3-2-4-7-16)24(19)13-11-20(25)26/h2-10,12,14,23H,11,13H2,1H3,(H,25,26). The third-order valence-electron chi connectivity index (χ3n) is 4.68. The molecule has 2 aromatic heterocycles. The molecule has 0 unspecified atom stereocenters. The molecule has 0 radical (unpaired) electrons. The van der Waals surface area contributed by atoms with Crippen molar-refractivity contribution < 1.29 is 9.90 Å². The summed E-state index contributed by atoms with van der Waals surface area (Å²) in [6.07, 6.45) is 2.00. The van der Waals surface area contributed by atoms with E-state index in [4.69, 9.17) is 0 Å². The number of rotatable bonds is 5. The average Bonchev–Trinajstić information content (AvgIpc) is 3.26. The number of carbonyl (C=O) groups is 1. The van der Waals surface area contributed by atoms with Crippen molar-refractivity contribution in [2.45, 2.75) is 19.9 Å². The van der Waals surface area contributed by atoms with Crippen LogP contribution in [0.5, 0.6) is 0 Å². The molecule has 4 nitrogen and oxygen atoms in total. The molecule has 0 bridgehead atoms. The highest BCUT2D eigenvalue weighted by atomic mass is 16.4. The van der Waals surface area contributed by atoms with E-state index in [9.17, 15) is 9.90 Å². The monoisotopic (exact) mass is 344 g/mol. The van der Waals surface area contributed by atoms with Crippen molar-refractivity contribution in [2.24, 2.45) is 0 Å². The minimum absolute atomic E-state index is 0.0850. The Labute approximate surface area is 151 Å². The van der Waals surface area contributed by atoms with Gasteiger partial charge in [0.2, 0.25) is 0 Å². The van der Waals surface area contributed by atoms with Gasteiger partial charge < -0.3 is 14.7 Å². The molecule has 0 atom stereocenters. The van der Waals surface area contributed by atoms with E-state index in [0.717, 1.165) is 33.4 Å². The Morgan fingerprint density at radius 2 is 1.88 bits per heavy atom. The summed E-state index contributed by atoms with van der Waals surface area (Å²) in [5.41, 5.74) is 6.52. The molecule has 0 aliphatic rings. The van der Waals surface area contributed by atoms with Gasteiger partial charge in [0.25, 0.3) is 0 Å². The minimum Gasteiger partial charge on any atom is -0.481 e. The van der Waals surface area contributed by atoms with Crippen molar-refractivity contribution in [2.75, 3.05) is 0 Å². The zero-order valence-electron chi connectivity index (χ0n) is 14.6. The summed E-state index contributed by atoms with van der Waals surface area (Å²) in [7, 11) is 0. The van der Waals surface area contributed by atoms with E-state index in [2.05, 4.69) is 52.9 Å². The minimum atomic E-state index is -0.792. The normalized spacial score (nSPS) is 11.1. The number of carboxylic acids is 1. The molecular formula is C22H20N2O2. The number of hydrogen-bond acceptors (Lipinski definition) is 1. The number of hydrogen-bond donors (Lipinski definition) is 2. The van der Waals surface area contributed by atoms with Crippen LogP contribution in [0.4, 0.5) is 0 Å². The lowest BCUT2D eigenvalue weighted by molar-refractivity contribution is -0.137.